The van der Waals surface area contributed by atoms with E-state index in [1.165, 1.54) is 10.4 Å². The average Bonchev–Trinajstić information content (AvgIpc) is 2.82. The summed E-state index contributed by atoms with van der Waals surface area (Å²) < 4.78 is 31.6. The van der Waals surface area contributed by atoms with E-state index in [0.717, 1.165) is 6.42 Å². The third-order valence-corrected chi connectivity index (χ3v) is 5.82. The van der Waals surface area contributed by atoms with E-state index in [4.69, 9.17) is 9.52 Å². The molecule has 0 amide bonds. The lowest BCUT2D eigenvalue weighted by molar-refractivity contribution is 0.245. The van der Waals surface area contributed by atoms with Crippen LogP contribution in [0.15, 0.2) is 20.0 Å². The molecule has 1 aromatic heterocycles. The summed E-state index contributed by atoms with van der Waals surface area (Å²) in [6.45, 7) is 4.79. The Morgan fingerprint density at radius 1 is 1.56 bits per heavy atom. The number of sulfonamides is 1. The molecule has 2 heterocycles. The lowest BCUT2D eigenvalue weighted by Gasteiger charge is -2.19. The van der Waals surface area contributed by atoms with E-state index in [0.29, 0.717) is 13.1 Å². The minimum Gasteiger partial charge on any atom is -0.450 e. The molecule has 102 valence electrons. The highest BCUT2D eigenvalue weighted by atomic mass is 79.9. The number of aliphatic hydroxyl groups is 1. The van der Waals surface area contributed by atoms with Gasteiger partial charge in [-0.1, -0.05) is 13.8 Å². The van der Waals surface area contributed by atoms with Gasteiger partial charge in [-0.25, -0.2) is 8.42 Å². The minimum atomic E-state index is -3.55. The Bertz CT molecular complexity index is 549. The third-order valence-electron chi connectivity index (χ3n) is 3.12. The van der Waals surface area contributed by atoms with Gasteiger partial charge in [0.1, 0.15) is 17.3 Å². The standard InChI is InChI=1S/C11H16BrNO4S/c1-11(2)3-4-13(7-11)18(15,16)9-5-8(6-14)17-10(9)12/h5,14H,3-4,6-7H2,1-2H3. The first kappa shape index (κ1) is 14.0. The Kier molecular flexibility index (Phi) is 3.61. The van der Waals surface area contributed by atoms with Crippen LogP contribution in [-0.4, -0.2) is 30.9 Å². The minimum absolute atomic E-state index is 0.00307. The molecule has 2 rings (SSSR count). The summed E-state index contributed by atoms with van der Waals surface area (Å²) in [5.74, 6) is 0.235. The van der Waals surface area contributed by atoms with Gasteiger partial charge in [0.15, 0.2) is 4.67 Å². The quantitative estimate of drug-likeness (QED) is 0.915. The van der Waals surface area contributed by atoms with Gasteiger partial charge < -0.3 is 9.52 Å². The van der Waals surface area contributed by atoms with Gasteiger partial charge in [-0.2, -0.15) is 4.31 Å². The van der Waals surface area contributed by atoms with Crippen LogP contribution in [0.25, 0.3) is 0 Å². The monoisotopic (exact) mass is 337 g/mol. The molecule has 1 saturated heterocycles. The Balaban J connectivity index is 2.34. The number of rotatable bonds is 3. The van der Waals surface area contributed by atoms with Crippen molar-refractivity contribution in [3.8, 4) is 0 Å². The molecule has 18 heavy (non-hydrogen) atoms. The maximum Gasteiger partial charge on any atom is 0.247 e. The van der Waals surface area contributed by atoms with E-state index in [1.54, 1.807) is 0 Å². The first-order valence-corrected chi connectivity index (χ1v) is 7.89. The largest absolute Gasteiger partial charge is 0.450 e. The second kappa shape index (κ2) is 4.63. The van der Waals surface area contributed by atoms with Gasteiger partial charge in [-0.15, -0.1) is 0 Å². The third kappa shape index (κ3) is 2.49. The number of hydrogen-bond donors (Lipinski definition) is 1. The summed E-state index contributed by atoms with van der Waals surface area (Å²) in [5, 5.41) is 8.97. The van der Waals surface area contributed by atoms with Crippen LogP contribution in [0.4, 0.5) is 0 Å². The van der Waals surface area contributed by atoms with Crippen LogP contribution >= 0.6 is 15.9 Å². The topological polar surface area (TPSA) is 70.8 Å². The lowest BCUT2D eigenvalue weighted by atomic mass is 9.93. The van der Waals surface area contributed by atoms with E-state index in [-0.39, 0.29) is 27.3 Å². The van der Waals surface area contributed by atoms with Gasteiger partial charge in [-0.3, -0.25) is 0 Å². The highest BCUT2D eigenvalue weighted by Gasteiger charge is 2.38. The molecule has 1 aromatic rings. The van der Waals surface area contributed by atoms with Crippen LogP contribution in [0.2, 0.25) is 0 Å². The molecular formula is C11H16BrNO4S. The number of hydrogen-bond acceptors (Lipinski definition) is 4. The molecule has 0 bridgehead atoms. The van der Waals surface area contributed by atoms with Crippen molar-refractivity contribution in [3.05, 3.63) is 16.5 Å². The molecule has 7 heteroatoms. The molecule has 1 fully saturated rings. The summed E-state index contributed by atoms with van der Waals surface area (Å²) in [6.07, 6.45) is 0.842. The fraction of sp³-hybridized carbons (Fsp3) is 0.636. The van der Waals surface area contributed by atoms with Crippen molar-refractivity contribution in [2.24, 2.45) is 5.41 Å². The van der Waals surface area contributed by atoms with Crippen LogP contribution in [0.1, 0.15) is 26.0 Å². The van der Waals surface area contributed by atoms with E-state index in [2.05, 4.69) is 15.9 Å². The number of halogens is 1. The van der Waals surface area contributed by atoms with Crippen molar-refractivity contribution >= 4 is 26.0 Å². The van der Waals surface area contributed by atoms with Crippen LogP contribution in [0.3, 0.4) is 0 Å². The lowest BCUT2D eigenvalue weighted by Crippen LogP contribution is -2.30. The van der Waals surface area contributed by atoms with Gasteiger partial charge in [0.05, 0.1) is 0 Å². The summed E-state index contributed by atoms with van der Waals surface area (Å²) in [7, 11) is -3.55. The summed E-state index contributed by atoms with van der Waals surface area (Å²) >= 11 is 3.09. The Morgan fingerprint density at radius 2 is 2.22 bits per heavy atom. The van der Waals surface area contributed by atoms with E-state index < -0.39 is 10.0 Å². The molecule has 0 unspecified atom stereocenters. The fourth-order valence-electron chi connectivity index (χ4n) is 2.06. The van der Waals surface area contributed by atoms with E-state index in [1.807, 2.05) is 13.8 Å². The van der Waals surface area contributed by atoms with Crippen molar-refractivity contribution in [1.29, 1.82) is 0 Å². The zero-order valence-corrected chi connectivity index (χ0v) is 12.7. The van der Waals surface area contributed by atoms with Crippen molar-refractivity contribution in [2.75, 3.05) is 13.1 Å². The van der Waals surface area contributed by atoms with Gasteiger partial charge in [0.25, 0.3) is 0 Å². The number of nitrogens with zero attached hydrogens (tertiary/aromatic N) is 1. The second-order valence-corrected chi connectivity index (χ2v) is 7.89. The molecule has 0 atom stereocenters. The maximum atomic E-state index is 12.4. The normalized spacial score (nSPS) is 20.4. The molecule has 0 radical (unpaired) electrons. The second-order valence-electron chi connectivity index (χ2n) is 5.26. The zero-order valence-electron chi connectivity index (χ0n) is 10.3. The molecule has 1 aliphatic rings. The SMILES string of the molecule is CC1(C)CCN(S(=O)(=O)c2cc(CO)oc2Br)C1. The predicted molar refractivity (Wildman–Crippen MR) is 69.5 cm³/mol. The van der Waals surface area contributed by atoms with Crippen molar-refractivity contribution in [2.45, 2.75) is 31.8 Å². The predicted octanol–water partition coefficient (Wildman–Crippen LogP) is 1.96. The van der Waals surface area contributed by atoms with Crippen LogP contribution < -0.4 is 0 Å². The fourth-order valence-corrected chi connectivity index (χ4v) is 4.65. The molecule has 0 aromatic carbocycles. The van der Waals surface area contributed by atoms with Crippen molar-refractivity contribution in [1.82, 2.24) is 4.31 Å². The summed E-state index contributed by atoms with van der Waals surface area (Å²) in [6, 6.07) is 1.37. The Morgan fingerprint density at radius 3 is 2.67 bits per heavy atom. The first-order chi connectivity index (χ1) is 8.26. The van der Waals surface area contributed by atoms with Crippen LogP contribution in [-0.2, 0) is 16.6 Å². The van der Waals surface area contributed by atoms with E-state index in [9.17, 15) is 8.42 Å². The van der Waals surface area contributed by atoms with Gasteiger partial charge >= 0.3 is 0 Å². The molecule has 0 aliphatic carbocycles. The molecule has 5 nitrogen and oxygen atoms in total. The number of aliphatic hydroxyl groups excluding tert-OH is 1. The molecular weight excluding hydrogens is 322 g/mol. The number of furan rings is 1. The summed E-state index contributed by atoms with van der Waals surface area (Å²) in [4.78, 5) is 0.0873. The summed E-state index contributed by atoms with van der Waals surface area (Å²) in [5.41, 5.74) is 0.00307. The molecule has 1 aliphatic heterocycles. The van der Waals surface area contributed by atoms with Crippen molar-refractivity contribution < 1.29 is 17.9 Å². The maximum absolute atomic E-state index is 12.4. The Labute approximate surface area is 115 Å². The van der Waals surface area contributed by atoms with Gasteiger partial charge in [0.2, 0.25) is 10.0 Å². The van der Waals surface area contributed by atoms with Gasteiger partial charge in [0, 0.05) is 19.2 Å². The average molecular weight is 338 g/mol. The van der Waals surface area contributed by atoms with E-state index >= 15 is 0 Å². The van der Waals surface area contributed by atoms with Crippen molar-refractivity contribution in [3.63, 3.8) is 0 Å². The molecule has 0 saturated carbocycles. The molecule has 0 spiro atoms. The van der Waals surface area contributed by atoms with Gasteiger partial charge in [-0.05, 0) is 27.8 Å². The highest BCUT2D eigenvalue weighted by Crippen LogP contribution is 2.35. The smallest absolute Gasteiger partial charge is 0.247 e. The first-order valence-electron chi connectivity index (χ1n) is 5.65. The molecule has 1 N–H and O–H groups in total. The van der Waals surface area contributed by atoms with Crippen LogP contribution in [0.5, 0.6) is 0 Å². The zero-order chi connectivity index (χ0) is 13.6. The highest BCUT2D eigenvalue weighted by molar-refractivity contribution is 9.10. The Hall–Kier alpha value is -0.370. The van der Waals surface area contributed by atoms with Crippen LogP contribution in [0, 0.1) is 5.41 Å².